The Labute approximate surface area is 143 Å². The molecular weight excluding hydrogens is 306 g/mol. The van der Waals surface area contributed by atoms with Gasteiger partial charge in [-0.1, -0.05) is 0 Å². The van der Waals surface area contributed by atoms with E-state index >= 15 is 0 Å². The van der Waals surface area contributed by atoms with Crippen molar-refractivity contribution in [3.05, 3.63) is 22.5 Å². The number of aromatic amines is 1. The lowest BCUT2D eigenvalue weighted by atomic mass is 9.93. The van der Waals surface area contributed by atoms with E-state index in [1.807, 2.05) is 25.7 Å². The molecule has 2 amide bonds. The van der Waals surface area contributed by atoms with E-state index in [1.165, 1.54) is 0 Å². The molecule has 1 aliphatic rings. The number of methoxy groups -OCH3 is 1. The van der Waals surface area contributed by atoms with Gasteiger partial charge < -0.3 is 19.9 Å². The summed E-state index contributed by atoms with van der Waals surface area (Å²) in [6.07, 6.45) is 2.29. The lowest BCUT2D eigenvalue weighted by Crippen LogP contribution is -2.40. The number of ether oxygens (including phenoxy) is 1. The van der Waals surface area contributed by atoms with Crippen molar-refractivity contribution >= 4 is 11.8 Å². The summed E-state index contributed by atoms with van der Waals surface area (Å²) in [5, 5.41) is 2.86. The maximum atomic E-state index is 12.7. The zero-order chi connectivity index (χ0) is 17.7. The van der Waals surface area contributed by atoms with E-state index in [0.717, 1.165) is 29.7 Å². The summed E-state index contributed by atoms with van der Waals surface area (Å²) in [6.45, 7) is 8.53. The first-order valence-electron chi connectivity index (χ1n) is 8.64. The van der Waals surface area contributed by atoms with Gasteiger partial charge in [-0.3, -0.25) is 9.59 Å². The molecule has 0 aliphatic carbocycles. The van der Waals surface area contributed by atoms with E-state index in [9.17, 15) is 9.59 Å². The topological polar surface area (TPSA) is 74.4 Å². The molecule has 24 heavy (non-hydrogen) atoms. The average Bonchev–Trinajstić information content (AvgIpc) is 2.83. The number of carbonyl (C=O) groups excluding carboxylic acids is 2. The summed E-state index contributed by atoms with van der Waals surface area (Å²) in [5.74, 6) is 0.500. The maximum Gasteiger partial charge on any atom is 0.270 e. The van der Waals surface area contributed by atoms with Crippen LogP contribution in [0.1, 0.15) is 46.6 Å². The lowest BCUT2D eigenvalue weighted by Gasteiger charge is -2.31. The smallest absolute Gasteiger partial charge is 0.270 e. The Balaban J connectivity index is 1.83. The van der Waals surface area contributed by atoms with E-state index in [-0.39, 0.29) is 11.8 Å². The molecule has 2 rings (SSSR count). The highest BCUT2D eigenvalue weighted by Gasteiger charge is 2.27. The molecule has 0 atom stereocenters. The number of H-pyrrole nitrogens is 1. The van der Waals surface area contributed by atoms with E-state index < -0.39 is 0 Å². The number of carbonyl (C=O) groups is 2. The largest absolute Gasteiger partial charge is 0.383 e. The maximum absolute atomic E-state index is 12.7. The Bertz CT molecular complexity index is 587. The first-order chi connectivity index (χ1) is 11.4. The van der Waals surface area contributed by atoms with Crippen LogP contribution in [0.5, 0.6) is 0 Å². The van der Waals surface area contributed by atoms with Gasteiger partial charge in [0.2, 0.25) is 5.91 Å². The van der Waals surface area contributed by atoms with Gasteiger partial charge in [-0.05, 0) is 50.7 Å². The quantitative estimate of drug-likeness (QED) is 0.780. The van der Waals surface area contributed by atoms with Gasteiger partial charge in [0.05, 0.1) is 6.61 Å². The fourth-order valence-corrected chi connectivity index (χ4v) is 3.18. The Morgan fingerprint density at radius 1 is 1.21 bits per heavy atom. The van der Waals surface area contributed by atoms with Crippen LogP contribution in [0.2, 0.25) is 0 Å². The second kappa shape index (κ2) is 8.33. The number of amides is 2. The normalized spacial score (nSPS) is 15.6. The number of aromatic nitrogens is 1. The van der Waals surface area contributed by atoms with Crippen LogP contribution in [0.25, 0.3) is 0 Å². The van der Waals surface area contributed by atoms with Crippen molar-refractivity contribution in [1.29, 1.82) is 0 Å². The van der Waals surface area contributed by atoms with Crippen molar-refractivity contribution < 1.29 is 14.3 Å². The molecule has 0 radical (unpaired) electrons. The molecule has 2 heterocycles. The van der Waals surface area contributed by atoms with Gasteiger partial charge in [-0.2, -0.15) is 0 Å². The molecule has 1 aromatic heterocycles. The van der Waals surface area contributed by atoms with E-state index in [2.05, 4.69) is 10.3 Å². The molecule has 134 valence electrons. The van der Waals surface area contributed by atoms with Crippen molar-refractivity contribution in [2.45, 2.75) is 40.0 Å². The Hall–Kier alpha value is -1.82. The number of aryl methyl sites for hydroxylation is 1. The fraction of sp³-hybridized carbons (Fsp3) is 0.667. The summed E-state index contributed by atoms with van der Waals surface area (Å²) in [5.41, 5.74) is 3.96. The Kier molecular flexibility index (Phi) is 6.43. The highest BCUT2D eigenvalue weighted by molar-refractivity contribution is 5.94. The molecule has 2 N–H and O–H groups in total. The third-order valence-electron chi connectivity index (χ3n) is 5.03. The molecule has 1 aliphatic heterocycles. The van der Waals surface area contributed by atoms with Gasteiger partial charge >= 0.3 is 0 Å². The van der Waals surface area contributed by atoms with Crippen LogP contribution in [0, 0.1) is 26.7 Å². The van der Waals surface area contributed by atoms with Crippen LogP contribution in [0.3, 0.4) is 0 Å². The second-order valence-electron chi connectivity index (χ2n) is 6.66. The van der Waals surface area contributed by atoms with E-state index in [1.54, 1.807) is 7.11 Å². The van der Waals surface area contributed by atoms with Crippen molar-refractivity contribution in [2.75, 3.05) is 33.4 Å². The molecule has 0 unspecified atom stereocenters. The zero-order valence-corrected chi connectivity index (χ0v) is 15.2. The van der Waals surface area contributed by atoms with Crippen LogP contribution in [0.4, 0.5) is 0 Å². The molecule has 0 bridgehead atoms. The average molecular weight is 335 g/mol. The number of nitrogens with one attached hydrogen (secondary N) is 2. The van der Waals surface area contributed by atoms with Gasteiger partial charge in [0.25, 0.3) is 5.91 Å². The number of likely N-dealkylation sites (tertiary alicyclic amines) is 1. The molecule has 0 spiro atoms. The molecule has 6 nitrogen and oxygen atoms in total. The summed E-state index contributed by atoms with van der Waals surface area (Å²) in [4.78, 5) is 29.7. The summed E-state index contributed by atoms with van der Waals surface area (Å²) >= 11 is 0. The van der Waals surface area contributed by atoms with Crippen molar-refractivity contribution in [1.82, 2.24) is 15.2 Å². The minimum absolute atomic E-state index is 0.0725. The highest BCUT2D eigenvalue weighted by atomic mass is 16.5. The SMILES string of the molecule is COCCNC(=O)CC1CCN(C(=O)c2[nH]c(C)c(C)c2C)CC1. The molecule has 0 saturated carbocycles. The molecule has 0 aromatic carbocycles. The van der Waals surface area contributed by atoms with Crippen LogP contribution in [0.15, 0.2) is 0 Å². The van der Waals surface area contributed by atoms with Crippen LogP contribution >= 0.6 is 0 Å². The molecule has 1 fully saturated rings. The third kappa shape index (κ3) is 4.38. The van der Waals surface area contributed by atoms with Gasteiger partial charge in [0.15, 0.2) is 0 Å². The second-order valence-corrected chi connectivity index (χ2v) is 6.66. The summed E-state index contributed by atoms with van der Waals surface area (Å²) in [6, 6.07) is 0. The molecule has 1 aromatic rings. The van der Waals surface area contributed by atoms with E-state index in [4.69, 9.17) is 4.74 Å². The van der Waals surface area contributed by atoms with Gasteiger partial charge in [0.1, 0.15) is 5.69 Å². The van der Waals surface area contributed by atoms with E-state index in [0.29, 0.717) is 44.3 Å². The number of rotatable bonds is 6. The number of nitrogens with zero attached hydrogens (tertiary/aromatic N) is 1. The summed E-state index contributed by atoms with van der Waals surface area (Å²) < 4.78 is 4.92. The minimum Gasteiger partial charge on any atom is -0.383 e. The van der Waals surface area contributed by atoms with Crippen molar-refractivity contribution in [3.8, 4) is 0 Å². The van der Waals surface area contributed by atoms with Crippen LogP contribution in [-0.4, -0.2) is 55.0 Å². The lowest BCUT2D eigenvalue weighted by molar-refractivity contribution is -0.122. The molecule has 1 saturated heterocycles. The van der Waals surface area contributed by atoms with Gasteiger partial charge in [-0.25, -0.2) is 0 Å². The van der Waals surface area contributed by atoms with Crippen molar-refractivity contribution in [2.24, 2.45) is 5.92 Å². The Morgan fingerprint density at radius 3 is 2.42 bits per heavy atom. The monoisotopic (exact) mass is 335 g/mol. The standard InChI is InChI=1S/C18H29N3O3/c1-12-13(2)17(20-14(12)3)18(23)21-8-5-15(6-9-21)11-16(22)19-7-10-24-4/h15,20H,5-11H2,1-4H3,(H,19,22). The first kappa shape index (κ1) is 18.5. The number of hydrogen-bond acceptors (Lipinski definition) is 3. The molecular formula is C18H29N3O3. The zero-order valence-electron chi connectivity index (χ0n) is 15.2. The third-order valence-corrected chi connectivity index (χ3v) is 5.03. The van der Waals surface area contributed by atoms with Crippen LogP contribution in [-0.2, 0) is 9.53 Å². The predicted molar refractivity (Wildman–Crippen MR) is 93.1 cm³/mol. The minimum atomic E-state index is 0.0725. The predicted octanol–water partition coefficient (Wildman–Crippen LogP) is 1.94. The Morgan fingerprint density at radius 2 is 1.88 bits per heavy atom. The van der Waals surface area contributed by atoms with Gasteiger partial charge in [0, 0.05) is 38.9 Å². The first-order valence-corrected chi connectivity index (χ1v) is 8.64. The summed E-state index contributed by atoms with van der Waals surface area (Å²) in [7, 11) is 1.62. The molecule has 6 heteroatoms. The van der Waals surface area contributed by atoms with Crippen LogP contribution < -0.4 is 5.32 Å². The number of piperidine rings is 1. The highest BCUT2D eigenvalue weighted by Crippen LogP contribution is 2.24. The van der Waals surface area contributed by atoms with Gasteiger partial charge in [-0.15, -0.1) is 0 Å². The fourth-order valence-electron chi connectivity index (χ4n) is 3.18. The van der Waals surface area contributed by atoms with Crippen molar-refractivity contribution in [3.63, 3.8) is 0 Å². The number of hydrogen-bond donors (Lipinski definition) is 2.